The van der Waals surface area contributed by atoms with Crippen molar-refractivity contribution in [3.63, 3.8) is 0 Å². The minimum atomic E-state index is -1.01. The molecule has 1 aromatic rings. The van der Waals surface area contributed by atoms with Crippen molar-refractivity contribution >= 4 is 12.0 Å². The van der Waals surface area contributed by atoms with Crippen molar-refractivity contribution in [1.82, 2.24) is 4.90 Å². The van der Waals surface area contributed by atoms with Gasteiger partial charge in [-0.15, -0.1) is 0 Å². The molecule has 0 fully saturated rings. The van der Waals surface area contributed by atoms with Gasteiger partial charge in [-0.25, -0.2) is 4.79 Å². The number of benzene rings is 1. The molecule has 0 aliphatic carbocycles. The van der Waals surface area contributed by atoms with E-state index in [1.54, 1.807) is 25.3 Å². The molecule has 0 amide bonds. The molecule has 0 heterocycles. The lowest BCUT2D eigenvalue weighted by molar-refractivity contribution is -0.131. The molecule has 356 valence electrons. The largest absolute Gasteiger partial charge is 0.493 e. The summed E-state index contributed by atoms with van der Waals surface area (Å²) >= 11 is 0. The first kappa shape index (κ1) is 56.7. The lowest BCUT2D eigenvalue weighted by atomic mass is 10.1. The van der Waals surface area contributed by atoms with E-state index in [-0.39, 0.29) is 0 Å². The van der Waals surface area contributed by atoms with E-state index in [1.807, 2.05) is 0 Å². The van der Waals surface area contributed by atoms with Gasteiger partial charge < -0.3 is 52.5 Å². The summed E-state index contributed by atoms with van der Waals surface area (Å²) in [6, 6.07) is 5.32. The number of rotatable bonds is 49. The van der Waals surface area contributed by atoms with Crippen molar-refractivity contribution in [1.29, 1.82) is 0 Å². The Morgan fingerprint density at radius 3 is 1.23 bits per heavy atom. The van der Waals surface area contributed by atoms with Gasteiger partial charge in [0.1, 0.15) is 6.61 Å². The average molecular weight is 870 g/mol. The van der Waals surface area contributed by atoms with Crippen LogP contribution in [0.4, 0.5) is 0 Å². The summed E-state index contributed by atoms with van der Waals surface area (Å²) in [4.78, 5) is 13.1. The number of carbonyl (C=O) groups is 1. The first-order valence-electron chi connectivity index (χ1n) is 23.7. The molecule has 0 aliphatic heterocycles. The van der Waals surface area contributed by atoms with Gasteiger partial charge in [0.15, 0.2) is 11.5 Å². The van der Waals surface area contributed by atoms with E-state index in [2.05, 4.69) is 18.7 Å². The smallest absolute Gasteiger partial charge is 0.328 e. The van der Waals surface area contributed by atoms with Crippen molar-refractivity contribution in [2.75, 3.05) is 139 Å². The minimum absolute atomic E-state index is 0.418. The van der Waals surface area contributed by atoms with Crippen LogP contribution >= 0.6 is 0 Å². The number of ether oxygens (including phenoxy) is 10. The predicted octanol–water partition coefficient (Wildman–Crippen LogP) is 8.89. The normalized spacial score (nSPS) is 11.7. The van der Waals surface area contributed by atoms with Crippen LogP contribution in [0.2, 0.25) is 0 Å². The SMILES string of the molecule is CCCCCCCCCCOCCOCCOCCOCCN(CCOCCOCCOCCOCCCCCCCCCC)CCOc1ccc(/C=C/C(=O)O)cc1OC. The van der Waals surface area contributed by atoms with Gasteiger partial charge in [0.2, 0.25) is 0 Å². The van der Waals surface area contributed by atoms with E-state index >= 15 is 0 Å². The summed E-state index contributed by atoms with van der Waals surface area (Å²) in [6.07, 6.45) is 23.4. The second-order valence-corrected chi connectivity index (χ2v) is 15.1. The Morgan fingerprint density at radius 2 is 0.836 bits per heavy atom. The van der Waals surface area contributed by atoms with Crippen molar-refractivity contribution in [3.05, 3.63) is 29.8 Å². The average Bonchev–Trinajstić information content (AvgIpc) is 3.26. The highest BCUT2D eigenvalue weighted by atomic mass is 16.6. The van der Waals surface area contributed by atoms with Crippen LogP contribution < -0.4 is 9.47 Å². The number of unbranched alkanes of at least 4 members (excludes halogenated alkanes) is 14. The molecule has 0 saturated heterocycles. The molecule has 1 N–H and O–H groups in total. The Balaban J connectivity index is 2.21. The van der Waals surface area contributed by atoms with Crippen molar-refractivity contribution in [2.45, 2.75) is 117 Å². The molecule has 1 aromatic carbocycles. The predicted molar refractivity (Wildman–Crippen MR) is 243 cm³/mol. The summed E-state index contributed by atoms with van der Waals surface area (Å²) in [5.41, 5.74) is 0.707. The standard InChI is InChI=1S/C48H87NO12/c1-4-6-8-10-12-14-16-18-27-53-32-36-57-40-42-59-38-34-55-29-24-49(26-31-61-46-22-20-45(21-23-48(50)51)44-47(46)52-3)25-30-56-35-39-60-43-41-58-37-33-54-28-19-17-15-13-11-9-7-5-2/h20-23,44H,4-19,24-43H2,1-3H3,(H,50,51)/b23-21+. The maximum atomic E-state index is 10.9. The van der Waals surface area contributed by atoms with E-state index in [9.17, 15) is 4.79 Å². The van der Waals surface area contributed by atoms with Gasteiger partial charge in [-0.3, -0.25) is 4.90 Å². The quantitative estimate of drug-likeness (QED) is 0.0494. The molecule has 0 saturated carbocycles. The molecule has 0 atom stereocenters. The van der Waals surface area contributed by atoms with E-state index < -0.39 is 5.97 Å². The number of methoxy groups -OCH3 is 1. The molecular formula is C48H87NO12. The zero-order chi connectivity index (χ0) is 43.9. The number of aliphatic carboxylic acids is 1. The van der Waals surface area contributed by atoms with Gasteiger partial charge in [0.25, 0.3) is 0 Å². The monoisotopic (exact) mass is 870 g/mol. The summed E-state index contributed by atoms with van der Waals surface area (Å²) < 4.78 is 57.3. The zero-order valence-electron chi connectivity index (χ0n) is 38.7. The van der Waals surface area contributed by atoms with Gasteiger partial charge in [-0.2, -0.15) is 0 Å². The molecule has 13 heteroatoms. The van der Waals surface area contributed by atoms with Crippen molar-refractivity contribution in [2.24, 2.45) is 0 Å². The van der Waals surface area contributed by atoms with Crippen LogP contribution in [-0.4, -0.2) is 155 Å². The Kier molecular flexibility index (Phi) is 42.5. The Hall–Kier alpha value is -2.33. The van der Waals surface area contributed by atoms with E-state index in [1.165, 1.54) is 96.0 Å². The molecule has 0 spiro atoms. The fraction of sp³-hybridized carbons (Fsp3) is 0.812. The van der Waals surface area contributed by atoms with Crippen LogP contribution in [0.1, 0.15) is 122 Å². The fourth-order valence-corrected chi connectivity index (χ4v) is 6.28. The number of carboxylic acid groups (broad SMARTS) is 1. The van der Waals surface area contributed by atoms with Crippen LogP contribution in [0, 0.1) is 0 Å². The molecule has 0 radical (unpaired) electrons. The third kappa shape index (κ3) is 39.0. The van der Waals surface area contributed by atoms with Crippen LogP contribution in [-0.2, 0) is 42.7 Å². The van der Waals surface area contributed by atoms with Crippen LogP contribution in [0.25, 0.3) is 6.08 Å². The first-order valence-corrected chi connectivity index (χ1v) is 23.7. The summed E-state index contributed by atoms with van der Waals surface area (Å²) in [7, 11) is 1.56. The van der Waals surface area contributed by atoms with E-state index in [0.29, 0.717) is 136 Å². The van der Waals surface area contributed by atoms with Crippen molar-refractivity contribution < 1.29 is 57.3 Å². The summed E-state index contributed by atoms with van der Waals surface area (Å²) in [6.45, 7) is 16.2. The number of hydrogen-bond acceptors (Lipinski definition) is 12. The van der Waals surface area contributed by atoms with E-state index in [0.717, 1.165) is 32.1 Å². The number of carboxylic acids is 1. The van der Waals surface area contributed by atoms with E-state index in [4.69, 9.17) is 52.5 Å². The second kappa shape index (κ2) is 45.7. The number of hydrogen-bond donors (Lipinski definition) is 1. The Labute approximate surface area is 370 Å². The molecule has 1 rings (SSSR count). The van der Waals surface area contributed by atoms with Gasteiger partial charge in [-0.05, 0) is 36.6 Å². The molecule has 0 aliphatic rings. The van der Waals surface area contributed by atoms with Crippen LogP contribution in [0.5, 0.6) is 11.5 Å². The topological polar surface area (TPSA) is 133 Å². The van der Waals surface area contributed by atoms with Crippen LogP contribution in [0.3, 0.4) is 0 Å². The highest BCUT2D eigenvalue weighted by Gasteiger charge is 2.09. The highest BCUT2D eigenvalue weighted by Crippen LogP contribution is 2.28. The van der Waals surface area contributed by atoms with Gasteiger partial charge in [0.05, 0.1) is 99.6 Å². The Bertz CT molecular complexity index is 1070. The lowest BCUT2D eigenvalue weighted by Crippen LogP contribution is -2.35. The molecular weight excluding hydrogens is 783 g/mol. The zero-order valence-corrected chi connectivity index (χ0v) is 38.7. The maximum Gasteiger partial charge on any atom is 0.328 e. The van der Waals surface area contributed by atoms with Gasteiger partial charge >= 0.3 is 5.97 Å². The van der Waals surface area contributed by atoms with Crippen molar-refractivity contribution in [3.8, 4) is 11.5 Å². The lowest BCUT2D eigenvalue weighted by Gasteiger charge is -2.22. The molecule has 61 heavy (non-hydrogen) atoms. The van der Waals surface area contributed by atoms with Crippen LogP contribution in [0.15, 0.2) is 24.3 Å². The molecule has 0 unspecified atom stereocenters. The molecule has 0 bridgehead atoms. The Morgan fingerprint density at radius 1 is 0.475 bits per heavy atom. The number of nitrogens with zero attached hydrogens (tertiary/aromatic N) is 1. The summed E-state index contributed by atoms with van der Waals surface area (Å²) in [5.74, 6) is 0.109. The third-order valence-electron chi connectivity index (χ3n) is 9.89. The second-order valence-electron chi connectivity index (χ2n) is 15.1. The molecule has 13 nitrogen and oxygen atoms in total. The minimum Gasteiger partial charge on any atom is -0.493 e. The summed E-state index contributed by atoms with van der Waals surface area (Å²) in [5, 5.41) is 8.94. The molecule has 0 aromatic heterocycles. The highest BCUT2D eigenvalue weighted by molar-refractivity contribution is 5.85. The fourth-order valence-electron chi connectivity index (χ4n) is 6.28. The maximum absolute atomic E-state index is 10.9. The third-order valence-corrected chi connectivity index (χ3v) is 9.89. The first-order chi connectivity index (χ1) is 30.1. The van der Waals surface area contributed by atoms with Gasteiger partial charge in [0, 0.05) is 38.9 Å². The van der Waals surface area contributed by atoms with Gasteiger partial charge in [-0.1, -0.05) is 110 Å².